The van der Waals surface area contributed by atoms with E-state index in [0.29, 0.717) is 26.7 Å². The van der Waals surface area contributed by atoms with Crippen molar-refractivity contribution in [2.45, 2.75) is 11.4 Å². The second-order valence-corrected chi connectivity index (χ2v) is 10.8. The van der Waals surface area contributed by atoms with E-state index in [1.165, 1.54) is 35.6 Å². The lowest BCUT2D eigenvalue weighted by Gasteiger charge is -2.04. The lowest BCUT2D eigenvalue weighted by Crippen LogP contribution is -2.22. The van der Waals surface area contributed by atoms with Gasteiger partial charge in [0.2, 0.25) is 0 Å². The fourth-order valence-electron chi connectivity index (χ4n) is 3.17. The molecule has 0 atom stereocenters. The van der Waals surface area contributed by atoms with Gasteiger partial charge in [0.25, 0.3) is 5.91 Å². The number of benzene rings is 3. The van der Waals surface area contributed by atoms with Gasteiger partial charge in [0, 0.05) is 23.4 Å². The van der Waals surface area contributed by atoms with E-state index in [9.17, 15) is 17.6 Å². The number of amides is 1. The molecule has 0 saturated heterocycles. The second kappa shape index (κ2) is 9.43. The van der Waals surface area contributed by atoms with Gasteiger partial charge in [-0.3, -0.25) is 4.79 Å². The van der Waals surface area contributed by atoms with E-state index in [1.807, 2.05) is 6.07 Å². The summed E-state index contributed by atoms with van der Waals surface area (Å²) in [7, 11) is -3.35. The summed E-state index contributed by atoms with van der Waals surface area (Å²) >= 11 is 7.18. The first-order valence-corrected chi connectivity index (χ1v) is 12.9. The van der Waals surface area contributed by atoms with Crippen LogP contribution in [-0.2, 0) is 16.4 Å². The Bertz CT molecular complexity index is 1420. The Balaban J connectivity index is 1.69. The first kappa shape index (κ1) is 23.1. The highest BCUT2D eigenvalue weighted by atomic mass is 35.5. The monoisotopic (exact) mass is 500 g/mol. The number of thiazole rings is 1. The van der Waals surface area contributed by atoms with Crippen LogP contribution < -0.4 is 5.32 Å². The quantitative estimate of drug-likeness (QED) is 0.373. The summed E-state index contributed by atoms with van der Waals surface area (Å²) in [5, 5.41) is 3.65. The summed E-state index contributed by atoms with van der Waals surface area (Å²) in [5.41, 5.74) is 2.71. The fourth-order valence-corrected chi connectivity index (χ4v) is 5.03. The number of hydrogen-bond donors (Lipinski definition) is 1. The van der Waals surface area contributed by atoms with Crippen molar-refractivity contribution in [1.82, 2.24) is 10.3 Å². The Kier molecular flexibility index (Phi) is 6.60. The third kappa shape index (κ3) is 5.47. The number of carbonyl (C=O) groups is 1. The van der Waals surface area contributed by atoms with Crippen molar-refractivity contribution in [2.24, 2.45) is 0 Å². The zero-order valence-corrected chi connectivity index (χ0v) is 19.8. The van der Waals surface area contributed by atoms with Crippen LogP contribution in [0, 0.1) is 5.82 Å². The largest absolute Gasteiger partial charge is 0.346 e. The van der Waals surface area contributed by atoms with Gasteiger partial charge in [0.15, 0.2) is 14.8 Å². The van der Waals surface area contributed by atoms with E-state index in [0.717, 1.165) is 11.8 Å². The van der Waals surface area contributed by atoms with Gasteiger partial charge in [0.1, 0.15) is 5.82 Å². The second-order valence-electron chi connectivity index (χ2n) is 7.31. The average Bonchev–Trinajstić information content (AvgIpc) is 3.23. The van der Waals surface area contributed by atoms with Gasteiger partial charge in [-0.15, -0.1) is 11.3 Å². The zero-order valence-electron chi connectivity index (χ0n) is 17.4. The highest BCUT2D eigenvalue weighted by Crippen LogP contribution is 2.37. The van der Waals surface area contributed by atoms with Gasteiger partial charge in [-0.1, -0.05) is 48.0 Å². The van der Waals surface area contributed by atoms with Crippen molar-refractivity contribution in [1.29, 1.82) is 0 Å². The molecule has 9 heteroatoms. The first-order chi connectivity index (χ1) is 15.7. The van der Waals surface area contributed by atoms with Crippen LogP contribution in [0.2, 0.25) is 5.02 Å². The molecule has 1 N–H and O–H groups in total. The van der Waals surface area contributed by atoms with Crippen LogP contribution in [0.25, 0.3) is 21.7 Å². The maximum atomic E-state index is 13.5. The third-order valence-corrected chi connectivity index (χ3v) is 7.29. The molecule has 0 aliphatic rings. The van der Waals surface area contributed by atoms with Gasteiger partial charge in [-0.2, -0.15) is 0 Å². The van der Waals surface area contributed by atoms with E-state index in [1.54, 1.807) is 42.5 Å². The number of aromatic nitrogens is 1. The molecular formula is C24H18ClFN2O3S2. The van der Waals surface area contributed by atoms with E-state index in [2.05, 4.69) is 10.3 Å². The van der Waals surface area contributed by atoms with E-state index in [4.69, 9.17) is 11.6 Å². The fraction of sp³-hybridized carbons (Fsp3) is 0.0833. The molecule has 1 heterocycles. The van der Waals surface area contributed by atoms with E-state index >= 15 is 0 Å². The van der Waals surface area contributed by atoms with Gasteiger partial charge in [-0.25, -0.2) is 17.8 Å². The standard InChI is InChI=1S/C24H18ClFN2O3S2/c1-33(30,31)20-11-7-16(8-12-20)21-22(17-5-9-19(26)10-6-17)32-24(28-21)23(29)27-14-15-3-2-4-18(25)13-15/h2-13H,14H2,1H3,(H,27,29). The van der Waals surface area contributed by atoms with Crippen LogP contribution in [0.15, 0.2) is 77.7 Å². The van der Waals surface area contributed by atoms with Crippen molar-refractivity contribution in [3.63, 3.8) is 0 Å². The molecule has 1 aromatic heterocycles. The van der Waals surface area contributed by atoms with Gasteiger partial charge in [0.05, 0.1) is 15.5 Å². The highest BCUT2D eigenvalue weighted by molar-refractivity contribution is 7.90. The lowest BCUT2D eigenvalue weighted by molar-refractivity contribution is 0.0950. The molecule has 0 radical (unpaired) electrons. The highest BCUT2D eigenvalue weighted by Gasteiger charge is 2.20. The number of hydrogen-bond acceptors (Lipinski definition) is 5. The molecular weight excluding hydrogens is 483 g/mol. The molecule has 0 unspecified atom stereocenters. The van der Waals surface area contributed by atoms with Crippen molar-refractivity contribution < 1.29 is 17.6 Å². The smallest absolute Gasteiger partial charge is 0.280 e. The number of rotatable bonds is 6. The van der Waals surface area contributed by atoms with Crippen molar-refractivity contribution in [3.8, 4) is 21.7 Å². The Morgan fingerprint density at radius 1 is 1.03 bits per heavy atom. The van der Waals surface area contributed by atoms with Crippen LogP contribution in [0.5, 0.6) is 0 Å². The molecule has 4 rings (SSSR count). The van der Waals surface area contributed by atoms with Crippen LogP contribution in [0.4, 0.5) is 4.39 Å². The number of nitrogens with zero attached hydrogens (tertiary/aromatic N) is 1. The van der Waals surface area contributed by atoms with Crippen LogP contribution in [0.3, 0.4) is 0 Å². The van der Waals surface area contributed by atoms with Crippen LogP contribution >= 0.6 is 22.9 Å². The molecule has 168 valence electrons. The summed E-state index contributed by atoms with van der Waals surface area (Å²) in [4.78, 5) is 18.2. The molecule has 0 saturated carbocycles. The molecule has 1 amide bonds. The maximum absolute atomic E-state index is 13.5. The molecule has 0 bridgehead atoms. The summed E-state index contributed by atoms with van der Waals surface area (Å²) in [6.45, 7) is 0.281. The number of sulfone groups is 1. The van der Waals surface area contributed by atoms with Crippen molar-refractivity contribution >= 4 is 38.7 Å². The number of nitrogens with one attached hydrogen (secondary N) is 1. The Labute approximate surface area is 199 Å². The topological polar surface area (TPSA) is 76.1 Å². The lowest BCUT2D eigenvalue weighted by atomic mass is 10.1. The van der Waals surface area contributed by atoms with Crippen molar-refractivity contribution in [3.05, 3.63) is 94.2 Å². The molecule has 0 fully saturated rings. The van der Waals surface area contributed by atoms with E-state index in [-0.39, 0.29) is 28.2 Å². The zero-order chi connectivity index (χ0) is 23.6. The molecule has 4 aromatic rings. The molecule has 33 heavy (non-hydrogen) atoms. The first-order valence-electron chi connectivity index (χ1n) is 9.80. The number of carbonyl (C=O) groups excluding carboxylic acids is 1. The average molecular weight is 501 g/mol. The summed E-state index contributed by atoms with van der Waals surface area (Å²) in [6, 6.07) is 19.4. The molecule has 3 aromatic carbocycles. The summed E-state index contributed by atoms with van der Waals surface area (Å²) < 4.78 is 37.1. The molecule has 0 aliphatic heterocycles. The Morgan fingerprint density at radius 3 is 2.33 bits per heavy atom. The molecule has 0 spiro atoms. The predicted octanol–water partition coefficient (Wildman–Crippen LogP) is 5.60. The van der Waals surface area contributed by atoms with Crippen molar-refractivity contribution in [2.75, 3.05) is 6.26 Å². The Hall–Kier alpha value is -3.07. The van der Waals surface area contributed by atoms with E-state index < -0.39 is 9.84 Å². The molecule has 5 nitrogen and oxygen atoms in total. The van der Waals surface area contributed by atoms with Gasteiger partial charge >= 0.3 is 0 Å². The maximum Gasteiger partial charge on any atom is 0.280 e. The normalized spacial score (nSPS) is 11.4. The van der Waals surface area contributed by atoms with Gasteiger partial charge < -0.3 is 5.32 Å². The summed E-state index contributed by atoms with van der Waals surface area (Å²) in [5.74, 6) is -0.732. The molecule has 0 aliphatic carbocycles. The minimum absolute atomic E-state index is 0.185. The van der Waals surface area contributed by atoms with Gasteiger partial charge in [-0.05, 0) is 47.5 Å². The Morgan fingerprint density at radius 2 is 1.70 bits per heavy atom. The van der Waals surface area contributed by atoms with Crippen LogP contribution in [0.1, 0.15) is 15.4 Å². The number of halogens is 2. The minimum atomic E-state index is -3.35. The summed E-state index contributed by atoms with van der Waals surface area (Å²) in [6.07, 6.45) is 1.14. The SMILES string of the molecule is CS(=O)(=O)c1ccc(-c2nc(C(=O)NCc3cccc(Cl)c3)sc2-c2ccc(F)cc2)cc1. The van der Waals surface area contributed by atoms with Crippen LogP contribution in [-0.4, -0.2) is 25.6 Å². The third-order valence-electron chi connectivity index (χ3n) is 4.83. The minimum Gasteiger partial charge on any atom is -0.346 e. The predicted molar refractivity (Wildman–Crippen MR) is 129 cm³/mol.